The molecule has 0 aliphatic heterocycles. The Kier molecular flexibility index (Phi) is 4.23. The molecule has 0 bridgehead atoms. The van der Waals surface area contributed by atoms with Gasteiger partial charge in [-0.3, -0.25) is 9.59 Å². The van der Waals surface area contributed by atoms with Crippen molar-refractivity contribution >= 4 is 34.6 Å². The average molecular weight is 297 g/mol. The molecular weight excluding hydrogens is 286 g/mol. The smallest absolute Gasteiger partial charge is 0.322 e. The molecule has 2 aromatic rings. The summed E-state index contributed by atoms with van der Waals surface area (Å²) in [6.07, 6.45) is 2.34. The third-order valence-corrected chi connectivity index (χ3v) is 4.36. The summed E-state index contributed by atoms with van der Waals surface area (Å²) in [5.74, 6) is -1.54. The molecule has 0 saturated carbocycles. The third kappa shape index (κ3) is 3.15. The van der Waals surface area contributed by atoms with Crippen LogP contribution in [-0.2, 0) is 11.2 Å². The fourth-order valence-corrected chi connectivity index (χ4v) is 3.11. The molecule has 0 aromatic carbocycles. The Morgan fingerprint density at radius 1 is 1.42 bits per heavy atom. The van der Waals surface area contributed by atoms with Crippen LogP contribution >= 0.6 is 22.7 Å². The molecule has 0 radical (unpaired) electrons. The molecule has 0 aliphatic carbocycles. The maximum absolute atomic E-state index is 11.9. The standard InChI is InChI=1S/C11H11N3O3S2/c1-2-6-8(9(17)13-5-7(15)16)14-11(19-6)10-12-3-4-18-10/h3-4H,2,5H2,1H3,(H,13,17)(H,15,16). The van der Waals surface area contributed by atoms with E-state index in [4.69, 9.17) is 5.11 Å². The summed E-state index contributed by atoms with van der Waals surface area (Å²) in [6, 6.07) is 0. The van der Waals surface area contributed by atoms with Crippen LogP contribution in [0.5, 0.6) is 0 Å². The fourth-order valence-electron chi connectivity index (χ4n) is 1.43. The van der Waals surface area contributed by atoms with Gasteiger partial charge in [0, 0.05) is 16.5 Å². The van der Waals surface area contributed by atoms with Gasteiger partial charge in [-0.2, -0.15) is 0 Å². The van der Waals surface area contributed by atoms with Gasteiger partial charge in [-0.05, 0) is 6.42 Å². The second-order valence-electron chi connectivity index (χ2n) is 3.56. The number of carbonyl (C=O) groups excluding carboxylic acids is 1. The summed E-state index contributed by atoms with van der Waals surface area (Å²) in [6.45, 7) is 1.51. The molecule has 0 fully saturated rings. The second-order valence-corrected chi connectivity index (χ2v) is 5.54. The summed E-state index contributed by atoms with van der Waals surface area (Å²) in [5.41, 5.74) is 0.291. The quantitative estimate of drug-likeness (QED) is 0.875. The van der Waals surface area contributed by atoms with Crippen LogP contribution < -0.4 is 5.32 Å². The van der Waals surface area contributed by atoms with Gasteiger partial charge < -0.3 is 10.4 Å². The molecule has 0 spiro atoms. The minimum atomic E-state index is -1.08. The largest absolute Gasteiger partial charge is 0.480 e. The number of thiazole rings is 2. The first-order valence-corrected chi connectivity index (χ1v) is 7.21. The molecule has 0 aliphatic rings. The van der Waals surface area contributed by atoms with Crippen molar-refractivity contribution in [3.63, 3.8) is 0 Å². The van der Waals surface area contributed by atoms with E-state index in [1.807, 2.05) is 12.3 Å². The summed E-state index contributed by atoms with van der Waals surface area (Å²) in [5, 5.41) is 14.2. The molecule has 2 N–H and O–H groups in total. The molecular formula is C11H11N3O3S2. The number of carbonyl (C=O) groups is 2. The Morgan fingerprint density at radius 3 is 2.79 bits per heavy atom. The summed E-state index contributed by atoms with van der Waals surface area (Å²) in [7, 11) is 0. The van der Waals surface area contributed by atoms with E-state index in [2.05, 4.69) is 15.3 Å². The van der Waals surface area contributed by atoms with Gasteiger partial charge in [-0.15, -0.1) is 22.7 Å². The lowest BCUT2D eigenvalue weighted by atomic mass is 10.3. The lowest BCUT2D eigenvalue weighted by Gasteiger charge is -2.00. The van der Waals surface area contributed by atoms with Gasteiger partial charge in [-0.1, -0.05) is 6.92 Å². The topological polar surface area (TPSA) is 92.2 Å². The number of aryl methyl sites for hydroxylation is 1. The lowest BCUT2D eigenvalue weighted by Crippen LogP contribution is -2.30. The van der Waals surface area contributed by atoms with Crippen LogP contribution in [0.15, 0.2) is 11.6 Å². The van der Waals surface area contributed by atoms with Gasteiger partial charge in [0.05, 0.1) is 0 Å². The normalized spacial score (nSPS) is 10.4. The van der Waals surface area contributed by atoms with Gasteiger partial charge in [-0.25, -0.2) is 9.97 Å². The first-order chi connectivity index (χ1) is 9.11. The van der Waals surface area contributed by atoms with E-state index in [-0.39, 0.29) is 0 Å². The van der Waals surface area contributed by atoms with E-state index in [0.717, 1.165) is 9.88 Å². The van der Waals surface area contributed by atoms with Gasteiger partial charge in [0.25, 0.3) is 5.91 Å². The number of carboxylic acids is 1. The minimum absolute atomic E-state index is 0.291. The number of carboxylic acid groups (broad SMARTS) is 1. The van der Waals surface area contributed by atoms with E-state index >= 15 is 0 Å². The summed E-state index contributed by atoms with van der Waals surface area (Å²) < 4.78 is 0. The number of hydrogen-bond donors (Lipinski definition) is 2. The predicted molar refractivity (Wildman–Crippen MR) is 72.6 cm³/mol. The third-order valence-electron chi connectivity index (χ3n) is 2.25. The number of aromatic nitrogens is 2. The van der Waals surface area contributed by atoms with Gasteiger partial charge in [0.1, 0.15) is 12.2 Å². The second kappa shape index (κ2) is 5.89. The number of aliphatic carboxylic acids is 1. The van der Waals surface area contributed by atoms with Gasteiger partial charge in [0.15, 0.2) is 10.0 Å². The fraction of sp³-hybridized carbons (Fsp3) is 0.273. The molecule has 0 saturated heterocycles. The SMILES string of the molecule is CCc1sc(-c2nccs2)nc1C(=O)NCC(=O)O. The van der Waals surface area contributed by atoms with Crippen molar-refractivity contribution in [1.29, 1.82) is 0 Å². The van der Waals surface area contributed by atoms with E-state index in [1.165, 1.54) is 22.7 Å². The van der Waals surface area contributed by atoms with Crippen LogP contribution in [0.25, 0.3) is 10.0 Å². The van der Waals surface area contributed by atoms with Crippen LogP contribution in [0.1, 0.15) is 22.3 Å². The molecule has 19 heavy (non-hydrogen) atoms. The van der Waals surface area contributed by atoms with Crippen LogP contribution in [-0.4, -0.2) is 33.5 Å². The Labute approximate surface area is 117 Å². The minimum Gasteiger partial charge on any atom is -0.480 e. The van der Waals surface area contributed by atoms with Gasteiger partial charge >= 0.3 is 5.97 Å². The van der Waals surface area contributed by atoms with Crippen molar-refractivity contribution < 1.29 is 14.7 Å². The van der Waals surface area contributed by atoms with Crippen molar-refractivity contribution in [3.05, 3.63) is 22.1 Å². The van der Waals surface area contributed by atoms with Crippen molar-refractivity contribution in [1.82, 2.24) is 15.3 Å². The maximum atomic E-state index is 11.9. The highest BCUT2D eigenvalue weighted by Gasteiger charge is 2.19. The monoisotopic (exact) mass is 297 g/mol. The zero-order valence-electron chi connectivity index (χ0n) is 10.0. The highest BCUT2D eigenvalue weighted by molar-refractivity contribution is 7.20. The molecule has 100 valence electrons. The lowest BCUT2D eigenvalue weighted by molar-refractivity contribution is -0.135. The number of amides is 1. The van der Waals surface area contributed by atoms with Crippen molar-refractivity contribution in [2.45, 2.75) is 13.3 Å². The molecule has 2 heterocycles. The Morgan fingerprint density at radius 2 is 2.21 bits per heavy atom. The maximum Gasteiger partial charge on any atom is 0.322 e. The van der Waals surface area contributed by atoms with E-state index in [1.54, 1.807) is 6.20 Å². The van der Waals surface area contributed by atoms with Crippen molar-refractivity contribution in [2.24, 2.45) is 0 Å². The predicted octanol–water partition coefficient (Wildman–Crippen LogP) is 1.64. The zero-order valence-corrected chi connectivity index (χ0v) is 11.7. The zero-order chi connectivity index (χ0) is 13.8. The molecule has 0 unspecified atom stereocenters. The van der Waals surface area contributed by atoms with E-state index < -0.39 is 18.4 Å². The summed E-state index contributed by atoms with van der Waals surface area (Å²) >= 11 is 2.86. The van der Waals surface area contributed by atoms with Crippen LogP contribution in [0.2, 0.25) is 0 Å². The first kappa shape index (κ1) is 13.6. The van der Waals surface area contributed by atoms with Crippen molar-refractivity contribution in [3.8, 4) is 10.0 Å². The van der Waals surface area contributed by atoms with Crippen LogP contribution in [0.3, 0.4) is 0 Å². The highest BCUT2D eigenvalue weighted by Crippen LogP contribution is 2.29. The van der Waals surface area contributed by atoms with E-state index in [9.17, 15) is 9.59 Å². The molecule has 1 amide bonds. The Balaban J connectivity index is 2.24. The molecule has 0 atom stereocenters. The van der Waals surface area contributed by atoms with Gasteiger partial charge in [0.2, 0.25) is 0 Å². The van der Waals surface area contributed by atoms with Crippen molar-refractivity contribution in [2.75, 3.05) is 6.54 Å². The molecule has 2 rings (SSSR count). The Hall–Kier alpha value is -1.80. The van der Waals surface area contributed by atoms with Crippen LogP contribution in [0.4, 0.5) is 0 Å². The average Bonchev–Trinajstić information content (AvgIpc) is 3.03. The highest BCUT2D eigenvalue weighted by atomic mass is 32.1. The molecule has 8 heteroatoms. The van der Waals surface area contributed by atoms with E-state index in [0.29, 0.717) is 17.1 Å². The molecule has 2 aromatic heterocycles. The summed E-state index contributed by atoms with van der Waals surface area (Å²) in [4.78, 5) is 31.5. The number of rotatable bonds is 5. The molecule has 6 nitrogen and oxygen atoms in total. The van der Waals surface area contributed by atoms with Crippen LogP contribution in [0, 0.1) is 0 Å². The first-order valence-electron chi connectivity index (χ1n) is 5.51. The number of nitrogens with one attached hydrogen (secondary N) is 1. The Bertz CT molecular complexity index is 592. The number of nitrogens with zero attached hydrogens (tertiary/aromatic N) is 2. The number of hydrogen-bond acceptors (Lipinski definition) is 6.